The number of aliphatic hydroxyl groups is 2. The summed E-state index contributed by atoms with van der Waals surface area (Å²) < 4.78 is 20.8. The molecule has 0 unspecified atom stereocenters. The van der Waals surface area contributed by atoms with Gasteiger partial charge in [-0.3, -0.25) is 9.59 Å². The first-order valence-corrected chi connectivity index (χ1v) is 8.95. The van der Waals surface area contributed by atoms with E-state index in [2.05, 4.69) is 0 Å². The smallest absolute Gasteiger partial charge is 0.240 e. The van der Waals surface area contributed by atoms with Crippen LogP contribution in [0.4, 0.5) is 10.1 Å². The second-order valence-electron chi connectivity index (χ2n) is 7.22. The molecule has 0 aromatic heterocycles. The van der Waals surface area contributed by atoms with E-state index in [1.807, 2.05) is 28.7 Å². The van der Waals surface area contributed by atoms with Crippen LogP contribution in [0.2, 0.25) is 0 Å². The average Bonchev–Trinajstić information content (AvgIpc) is 3.04. The van der Waals surface area contributed by atoms with Crippen LogP contribution in [0.25, 0.3) is 0 Å². The third kappa shape index (κ3) is 1.76. The molecule has 4 rings (SSSR count). The Balaban J connectivity index is 1.83. The minimum absolute atomic E-state index is 0.251. The molecular formula is C17H14FIN2O5. The number of amides is 2. The van der Waals surface area contributed by atoms with Crippen molar-refractivity contribution in [3.8, 4) is 6.07 Å². The molecule has 0 saturated carbocycles. The van der Waals surface area contributed by atoms with Crippen LogP contribution in [0, 0.1) is 26.7 Å². The van der Waals surface area contributed by atoms with Crippen molar-refractivity contribution in [3.63, 3.8) is 0 Å². The van der Waals surface area contributed by atoms with Crippen molar-refractivity contribution in [2.75, 3.05) is 4.90 Å². The van der Waals surface area contributed by atoms with Crippen molar-refractivity contribution in [3.05, 3.63) is 27.3 Å². The van der Waals surface area contributed by atoms with Crippen molar-refractivity contribution < 1.29 is 28.9 Å². The number of hydrogen-bond donors (Lipinski definition) is 2. The lowest BCUT2D eigenvalue weighted by Gasteiger charge is -2.40. The van der Waals surface area contributed by atoms with Gasteiger partial charge < -0.3 is 14.9 Å². The first kappa shape index (κ1) is 17.8. The lowest BCUT2D eigenvalue weighted by Crippen LogP contribution is -2.64. The van der Waals surface area contributed by atoms with E-state index in [-0.39, 0.29) is 5.69 Å². The van der Waals surface area contributed by atoms with Gasteiger partial charge in [0.15, 0.2) is 6.17 Å². The maximum atomic E-state index is 14.7. The Labute approximate surface area is 161 Å². The molecule has 26 heavy (non-hydrogen) atoms. The number of nitriles is 1. The fourth-order valence-corrected chi connectivity index (χ4v) is 5.16. The lowest BCUT2D eigenvalue weighted by molar-refractivity contribution is -0.266. The maximum absolute atomic E-state index is 14.7. The molecule has 3 aliphatic heterocycles. The van der Waals surface area contributed by atoms with Crippen LogP contribution >= 0.6 is 22.6 Å². The quantitative estimate of drug-likeness (QED) is 0.356. The molecule has 9 heteroatoms. The molecule has 5 atom stereocenters. The number of anilines is 1. The van der Waals surface area contributed by atoms with E-state index >= 15 is 0 Å². The molecule has 1 aromatic carbocycles. The van der Waals surface area contributed by atoms with Crippen LogP contribution in [-0.2, 0) is 14.3 Å². The highest BCUT2D eigenvalue weighted by molar-refractivity contribution is 14.1. The van der Waals surface area contributed by atoms with E-state index in [0.717, 1.165) is 4.90 Å². The molecule has 2 N–H and O–H groups in total. The molecule has 3 fully saturated rings. The minimum atomic E-state index is -2.88. The van der Waals surface area contributed by atoms with E-state index < -0.39 is 46.8 Å². The second kappa shape index (κ2) is 5.01. The molecular weight excluding hydrogens is 458 g/mol. The molecule has 3 saturated heterocycles. The normalized spacial score (nSPS) is 40.0. The lowest BCUT2D eigenvalue weighted by atomic mass is 9.65. The SMILES string of the molecule is C[C@]12O[C@@](C)([C@@H]3C(=O)N(c4ccc(C#N)c(I)c4)C(=O)[C@@H]31)C(O)(O)[C@H]2F. The Morgan fingerprint density at radius 1 is 1.27 bits per heavy atom. The Morgan fingerprint density at radius 2 is 1.88 bits per heavy atom. The first-order valence-electron chi connectivity index (χ1n) is 7.87. The number of fused-ring (bicyclic) bond motifs is 5. The van der Waals surface area contributed by atoms with Gasteiger partial charge in [-0.25, -0.2) is 9.29 Å². The van der Waals surface area contributed by atoms with Gasteiger partial charge in [0.25, 0.3) is 0 Å². The van der Waals surface area contributed by atoms with Crippen LogP contribution in [0.3, 0.4) is 0 Å². The van der Waals surface area contributed by atoms with E-state index in [4.69, 9.17) is 10.00 Å². The number of benzene rings is 1. The van der Waals surface area contributed by atoms with Crippen molar-refractivity contribution in [2.24, 2.45) is 11.8 Å². The van der Waals surface area contributed by atoms with E-state index in [9.17, 15) is 24.2 Å². The monoisotopic (exact) mass is 472 g/mol. The Kier molecular flexibility index (Phi) is 3.43. The number of carbonyl (C=O) groups excluding carboxylic acids is 2. The molecule has 1 aromatic rings. The highest BCUT2D eigenvalue weighted by Gasteiger charge is 2.85. The highest BCUT2D eigenvalue weighted by Crippen LogP contribution is 2.64. The maximum Gasteiger partial charge on any atom is 0.240 e. The minimum Gasteiger partial charge on any atom is -0.361 e. The Morgan fingerprint density at radius 3 is 2.46 bits per heavy atom. The summed E-state index contributed by atoms with van der Waals surface area (Å²) in [5.74, 6) is -6.57. The third-order valence-corrected chi connectivity index (χ3v) is 6.76. The molecule has 3 aliphatic rings. The van der Waals surface area contributed by atoms with Gasteiger partial charge in [-0.1, -0.05) is 0 Å². The Hall–Kier alpha value is -1.61. The molecule has 3 heterocycles. The summed E-state index contributed by atoms with van der Waals surface area (Å²) in [5.41, 5.74) is -3.11. The molecule has 2 bridgehead atoms. The molecule has 136 valence electrons. The molecule has 0 aliphatic carbocycles. The predicted molar refractivity (Wildman–Crippen MR) is 93.3 cm³/mol. The number of ether oxygens (including phenoxy) is 1. The van der Waals surface area contributed by atoms with E-state index in [1.54, 1.807) is 0 Å². The largest absolute Gasteiger partial charge is 0.361 e. The fourth-order valence-electron chi connectivity index (χ4n) is 4.54. The van der Waals surface area contributed by atoms with Gasteiger partial charge >= 0.3 is 0 Å². The van der Waals surface area contributed by atoms with Crippen molar-refractivity contribution in [2.45, 2.75) is 37.0 Å². The first-order chi connectivity index (χ1) is 12.0. The van der Waals surface area contributed by atoms with Gasteiger partial charge in [0.1, 0.15) is 17.3 Å². The summed E-state index contributed by atoms with van der Waals surface area (Å²) in [4.78, 5) is 26.9. The Bertz CT molecular complexity index is 915. The number of rotatable bonds is 1. The molecule has 7 nitrogen and oxygen atoms in total. The van der Waals surface area contributed by atoms with Crippen molar-refractivity contribution >= 4 is 40.1 Å². The summed E-state index contributed by atoms with van der Waals surface area (Å²) >= 11 is 1.92. The van der Waals surface area contributed by atoms with E-state index in [1.165, 1.54) is 32.0 Å². The fraction of sp³-hybridized carbons (Fsp3) is 0.471. The number of imide groups is 1. The number of halogens is 2. The predicted octanol–water partition coefficient (Wildman–Crippen LogP) is 0.849. The van der Waals surface area contributed by atoms with Gasteiger partial charge in [-0.05, 0) is 54.6 Å². The van der Waals surface area contributed by atoms with Crippen molar-refractivity contribution in [1.29, 1.82) is 5.26 Å². The second-order valence-corrected chi connectivity index (χ2v) is 8.39. The number of carbonyl (C=O) groups is 2. The topological polar surface area (TPSA) is 111 Å². The third-order valence-electron chi connectivity index (χ3n) is 5.87. The van der Waals surface area contributed by atoms with Crippen LogP contribution in [0.5, 0.6) is 0 Å². The summed E-state index contributed by atoms with van der Waals surface area (Å²) in [7, 11) is 0. The zero-order chi connectivity index (χ0) is 19.2. The highest BCUT2D eigenvalue weighted by atomic mass is 127. The van der Waals surface area contributed by atoms with Gasteiger partial charge in [0, 0.05) is 3.57 Å². The average molecular weight is 472 g/mol. The number of nitrogens with zero attached hydrogens (tertiary/aromatic N) is 2. The molecule has 0 radical (unpaired) electrons. The zero-order valence-corrected chi connectivity index (χ0v) is 15.9. The summed E-state index contributed by atoms with van der Waals surface area (Å²) in [6.07, 6.45) is -2.24. The van der Waals surface area contributed by atoms with E-state index in [0.29, 0.717) is 9.13 Å². The zero-order valence-electron chi connectivity index (χ0n) is 13.7. The van der Waals surface area contributed by atoms with Gasteiger partial charge in [0.2, 0.25) is 17.6 Å². The van der Waals surface area contributed by atoms with Crippen LogP contribution in [0.15, 0.2) is 18.2 Å². The van der Waals surface area contributed by atoms with Gasteiger partial charge in [0.05, 0.1) is 23.1 Å². The number of alkyl halides is 1. The summed E-state index contributed by atoms with van der Waals surface area (Å²) in [6.45, 7) is 2.53. The van der Waals surface area contributed by atoms with Crippen LogP contribution < -0.4 is 4.90 Å². The standard InChI is InChI=1S/C17H14FIN2O5/c1-15-10-11(16(2,26-15)17(24,25)14(15)18)13(23)21(12(10)22)8-4-3-7(6-20)9(19)5-8/h3-5,10-11,14,24-25H,1-2H3/t10-,11+,14+,15+,16+/m1/s1. The summed E-state index contributed by atoms with van der Waals surface area (Å²) in [5, 5.41) is 29.5. The van der Waals surface area contributed by atoms with Crippen molar-refractivity contribution in [1.82, 2.24) is 0 Å². The molecule has 2 amide bonds. The number of hydrogen-bond acceptors (Lipinski definition) is 6. The van der Waals surface area contributed by atoms with Crippen LogP contribution in [0.1, 0.15) is 19.4 Å². The van der Waals surface area contributed by atoms with Crippen LogP contribution in [-0.4, -0.2) is 45.2 Å². The molecule has 0 spiro atoms. The van der Waals surface area contributed by atoms with Gasteiger partial charge in [-0.2, -0.15) is 5.26 Å². The van der Waals surface area contributed by atoms with Gasteiger partial charge in [-0.15, -0.1) is 0 Å². The summed E-state index contributed by atoms with van der Waals surface area (Å²) in [6, 6.07) is 6.46.